The van der Waals surface area contributed by atoms with E-state index in [1.807, 2.05) is 92.7 Å². The molecule has 0 aliphatic rings. The molecule has 1 N–H and O–H groups in total. The van der Waals surface area contributed by atoms with E-state index in [4.69, 9.17) is 4.74 Å². The zero-order valence-electron chi connectivity index (χ0n) is 16.0. The van der Waals surface area contributed by atoms with Crippen molar-refractivity contribution >= 4 is 5.91 Å². The van der Waals surface area contributed by atoms with E-state index in [0.29, 0.717) is 0 Å². The number of nitrogens with one attached hydrogen (secondary N) is 1. The normalized spacial score (nSPS) is 11.9. The standard InChI is InChI=1S/C24H25NO2/c1-17-14-15-18(2)22(16-17)27-19(3)24(26)25-23(20-10-6-4-7-11-20)21-12-8-5-9-13-21/h4-16,19,23H,1-3H3,(H,25,26)/t19-/m1/s1. The fourth-order valence-corrected chi connectivity index (χ4v) is 2.99. The molecule has 0 radical (unpaired) electrons. The van der Waals surface area contributed by atoms with Crippen LogP contribution in [-0.4, -0.2) is 12.0 Å². The maximum atomic E-state index is 12.9. The highest BCUT2D eigenvalue weighted by Gasteiger charge is 2.22. The van der Waals surface area contributed by atoms with Crippen LogP contribution in [0.4, 0.5) is 0 Å². The number of aryl methyl sites for hydroxylation is 2. The lowest BCUT2D eigenvalue weighted by molar-refractivity contribution is -0.127. The molecule has 0 spiro atoms. The molecule has 0 saturated carbocycles. The summed E-state index contributed by atoms with van der Waals surface area (Å²) in [7, 11) is 0. The van der Waals surface area contributed by atoms with Crippen LogP contribution in [-0.2, 0) is 4.79 Å². The number of carbonyl (C=O) groups is 1. The van der Waals surface area contributed by atoms with E-state index in [1.54, 1.807) is 6.92 Å². The minimum absolute atomic E-state index is 0.145. The summed E-state index contributed by atoms with van der Waals surface area (Å²) < 4.78 is 5.95. The summed E-state index contributed by atoms with van der Waals surface area (Å²) in [5.41, 5.74) is 4.20. The van der Waals surface area contributed by atoms with Gasteiger partial charge < -0.3 is 10.1 Å². The minimum Gasteiger partial charge on any atom is -0.481 e. The van der Waals surface area contributed by atoms with Gasteiger partial charge in [0.25, 0.3) is 5.91 Å². The van der Waals surface area contributed by atoms with Gasteiger partial charge in [-0.25, -0.2) is 0 Å². The Bertz CT molecular complexity index is 851. The van der Waals surface area contributed by atoms with E-state index >= 15 is 0 Å². The highest BCUT2D eigenvalue weighted by Crippen LogP contribution is 2.23. The van der Waals surface area contributed by atoms with E-state index in [-0.39, 0.29) is 11.9 Å². The molecule has 3 aromatic carbocycles. The van der Waals surface area contributed by atoms with Crippen molar-refractivity contribution in [2.24, 2.45) is 0 Å². The largest absolute Gasteiger partial charge is 0.481 e. The first-order valence-corrected chi connectivity index (χ1v) is 9.19. The molecule has 0 aromatic heterocycles. The van der Waals surface area contributed by atoms with Gasteiger partial charge in [0.1, 0.15) is 5.75 Å². The molecule has 0 unspecified atom stereocenters. The first kappa shape index (κ1) is 18.7. The summed E-state index contributed by atoms with van der Waals surface area (Å²) in [6.07, 6.45) is -0.597. The fraction of sp³-hybridized carbons (Fsp3) is 0.208. The molecule has 0 bridgehead atoms. The monoisotopic (exact) mass is 359 g/mol. The Labute approximate surface area is 161 Å². The number of benzene rings is 3. The Morgan fingerprint density at radius 3 is 1.96 bits per heavy atom. The van der Waals surface area contributed by atoms with Crippen LogP contribution >= 0.6 is 0 Å². The Morgan fingerprint density at radius 1 is 0.852 bits per heavy atom. The van der Waals surface area contributed by atoms with Crippen molar-refractivity contribution in [2.45, 2.75) is 32.9 Å². The van der Waals surface area contributed by atoms with Crippen LogP contribution in [0.25, 0.3) is 0 Å². The molecular formula is C24H25NO2. The maximum absolute atomic E-state index is 12.9. The van der Waals surface area contributed by atoms with Crippen molar-refractivity contribution in [3.05, 3.63) is 101 Å². The van der Waals surface area contributed by atoms with Crippen LogP contribution in [0.5, 0.6) is 5.75 Å². The summed E-state index contributed by atoms with van der Waals surface area (Å²) in [4.78, 5) is 12.9. The second-order valence-corrected chi connectivity index (χ2v) is 6.79. The average molecular weight is 359 g/mol. The summed E-state index contributed by atoms with van der Waals surface area (Å²) >= 11 is 0. The van der Waals surface area contributed by atoms with Gasteiger partial charge in [-0.2, -0.15) is 0 Å². The van der Waals surface area contributed by atoms with Crippen molar-refractivity contribution in [3.63, 3.8) is 0 Å². The van der Waals surface area contributed by atoms with Crippen molar-refractivity contribution < 1.29 is 9.53 Å². The third-order valence-corrected chi connectivity index (χ3v) is 4.57. The third kappa shape index (κ3) is 4.76. The molecule has 1 atom stereocenters. The lowest BCUT2D eigenvalue weighted by atomic mass is 9.98. The summed E-state index contributed by atoms with van der Waals surface area (Å²) in [5, 5.41) is 3.14. The lowest BCUT2D eigenvalue weighted by Crippen LogP contribution is -2.39. The molecule has 3 aromatic rings. The van der Waals surface area contributed by atoms with E-state index in [1.165, 1.54) is 0 Å². The zero-order chi connectivity index (χ0) is 19.2. The topological polar surface area (TPSA) is 38.3 Å². The maximum Gasteiger partial charge on any atom is 0.261 e. The highest BCUT2D eigenvalue weighted by atomic mass is 16.5. The van der Waals surface area contributed by atoms with Crippen molar-refractivity contribution in [2.75, 3.05) is 0 Å². The van der Waals surface area contributed by atoms with Crippen LogP contribution in [0.15, 0.2) is 78.9 Å². The number of rotatable bonds is 6. The second kappa shape index (κ2) is 8.54. The Morgan fingerprint density at radius 2 is 1.41 bits per heavy atom. The van der Waals surface area contributed by atoms with Crippen molar-refractivity contribution in [3.8, 4) is 5.75 Å². The predicted octanol–water partition coefficient (Wildman–Crippen LogP) is 4.98. The number of amides is 1. The van der Waals surface area contributed by atoms with Crippen LogP contribution in [0, 0.1) is 13.8 Å². The summed E-state index contributed by atoms with van der Waals surface area (Å²) in [6, 6.07) is 25.7. The summed E-state index contributed by atoms with van der Waals surface area (Å²) in [5.74, 6) is 0.599. The zero-order valence-corrected chi connectivity index (χ0v) is 16.0. The number of carbonyl (C=O) groups excluding carboxylic acids is 1. The van der Waals surface area contributed by atoms with E-state index in [0.717, 1.165) is 28.0 Å². The lowest BCUT2D eigenvalue weighted by Gasteiger charge is -2.23. The molecule has 27 heavy (non-hydrogen) atoms. The average Bonchev–Trinajstić information content (AvgIpc) is 2.70. The van der Waals surface area contributed by atoms with E-state index in [9.17, 15) is 4.79 Å². The third-order valence-electron chi connectivity index (χ3n) is 4.57. The molecule has 138 valence electrons. The summed E-state index contributed by atoms with van der Waals surface area (Å²) in [6.45, 7) is 5.78. The Kier molecular flexibility index (Phi) is 5.92. The van der Waals surface area contributed by atoms with Gasteiger partial charge in [-0.1, -0.05) is 72.8 Å². The van der Waals surface area contributed by atoms with Gasteiger partial charge in [-0.05, 0) is 49.1 Å². The van der Waals surface area contributed by atoms with Gasteiger partial charge in [-0.3, -0.25) is 4.79 Å². The molecule has 1 amide bonds. The predicted molar refractivity (Wildman–Crippen MR) is 109 cm³/mol. The SMILES string of the molecule is Cc1ccc(C)c(O[C@H](C)C(=O)NC(c2ccccc2)c2ccccc2)c1. The quantitative estimate of drug-likeness (QED) is 0.674. The van der Waals surface area contributed by atoms with Gasteiger partial charge in [0.15, 0.2) is 6.10 Å². The molecule has 0 saturated heterocycles. The van der Waals surface area contributed by atoms with E-state index < -0.39 is 6.10 Å². The molecule has 0 aliphatic carbocycles. The molecule has 0 heterocycles. The minimum atomic E-state index is -0.597. The first-order chi connectivity index (χ1) is 13.0. The fourth-order valence-electron chi connectivity index (χ4n) is 2.99. The van der Waals surface area contributed by atoms with Gasteiger partial charge in [0.05, 0.1) is 6.04 Å². The van der Waals surface area contributed by atoms with Crippen molar-refractivity contribution in [1.82, 2.24) is 5.32 Å². The van der Waals surface area contributed by atoms with E-state index in [2.05, 4.69) is 5.32 Å². The highest BCUT2D eigenvalue weighted by molar-refractivity contribution is 5.81. The van der Waals surface area contributed by atoms with Crippen LogP contribution in [0.1, 0.15) is 35.2 Å². The van der Waals surface area contributed by atoms with Gasteiger partial charge in [-0.15, -0.1) is 0 Å². The number of hydrogen-bond donors (Lipinski definition) is 1. The molecule has 0 aliphatic heterocycles. The number of hydrogen-bond acceptors (Lipinski definition) is 2. The molecule has 3 nitrogen and oxygen atoms in total. The van der Waals surface area contributed by atoms with Crippen LogP contribution in [0.3, 0.4) is 0 Å². The van der Waals surface area contributed by atoms with Crippen LogP contribution in [0.2, 0.25) is 0 Å². The Balaban J connectivity index is 1.79. The van der Waals surface area contributed by atoms with Crippen molar-refractivity contribution in [1.29, 1.82) is 0 Å². The second-order valence-electron chi connectivity index (χ2n) is 6.79. The molecule has 0 fully saturated rings. The smallest absolute Gasteiger partial charge is 0.261 e. The molecule has 3 heteroatoms. The Hall–Kier alpha value is -3.07. The molecular weight excluding hydrogens is 334 g/mol. The molecule has 3 rings (SSSR count). The van der Waals surface area contributed by atoms with Gasteiger partial charge >= 0.3 is 0 Å². The van der Waals surface area contributed by atoms with Gasteiger partial charge in [0.2, 0.25) is 0 Å². The first-order valence-electron chi connectivity index (χ1n) is 9.19. The number of ether oxygens (including phenoxy) is 1. The van der Waals surface area contributed by atoms with Crippen LogP contribution < -0.4 is 10.1 Å². The van der Waals surface area contributed by atoms with Gasteiger partial charge in [0, 0.05) is 0 Å².